The van der Waals surface area contributed by atoms with Gasteiger partial charge in [-0.3, -0.25) is 9.69 Å². The number of hydrogen-bond acceptors (Lipinski definition) is 2. The molecule has 1 saturated carbocycles. The molecule has 2 atom stereocenters. The molecule has 1 aromatic rings. The van der Waals surface area contributed by atoms with Gasteiger partial charge in [0.25, 0.3) is 5.91 Å². The summed E-state index contributed by atoms with van der Waals surface area (Å²) in [6.45, 7) is 6.14. The topological polar surface area (TPSA) is 23.6 Å². The maximum Gasteiger partial charge on any atom is 0.255 e. The zero-order valence-electron chi connectivity index (χ0n) is 14.5. The lowest BCUT2D eigenvalue weighted by atomic mass is 9.83. The van der Waals surface area contributed by atoms with Crippen LogP contribution in [0.5, 0.6) is 0 Å². The molecule has 3 heterocycles. The number of rotatable bonds is 3. The maximum absolute atomic E-state index is 13.1. The average Bonchev–Trinajstić information content (AvgIpc) is 2.84. The third-order valence-corrected chi connectivity index (χ3v) is 6.76. The third-order valence-electron chi connectivity index (χ3n) is 6.25. The molecule has 130 valence electrons. The monoisotopic (exact) mass is 346 g/mol. The van der Waals surface area contributed by atoms with E-state index in [1.54, 1.807) is 0 Å². The number of carbonyl (C=O) groups excluding carboxylic acids is 1. The van der Waals surface area contributed by atoms with Crippen LogP contribution in [0.15, 0.2) is 18.2 Å². The van der Waals surface area contributed by atoms with Gasteiger partial charge in [0.15, 0.2) is 0 Å². The van der Waals surface area contributed by atoms with Crippen LogP contribution < -0.4 is 0 Å². The lowest BCUT2D eigenvalue weighted by molar-refractivity contribution is 0.0717. The second kappa shape index (κ2) is 6.68. The first kappa shape index (κ1) is 16.4. The summed E-state index contributed by atoms with van der Waals surface area (Å²) in [6.07, 6.45) is 6.70. The highest BCUT2D eigenvalue weighted by molar-refractivity contribution is 6.34. The van der Waals surface area contributed by atoms with E-state index in [1.807, 2.05) is 25.1 Å². The van der Waals surface area contributed by atoms with E-state index >= 15 is 0 Å². The molecule has 0 N–H and O–H groups in total. The van der Waals surface area contributed by atoms with Crippen LogP contribution in [0.1, 0.15) is 48.0 Å². The molecule has 1 aromatic carbocycles. The van der Waals surface area contributed by atoms with Crippen molar-refractivity contribution < 1.29 is 4.79 Å². The summed E-state index contributed by atoms with van der Waals surface area (Å²) in [5.41, 5.74) is 1.65. The number of halogens is 1. The quantitative estimate of drug-likeness (QED) is 0.826. The number of nitrogens with zero attached hydrogens (tertiary/aromatic N) is 2. The Morgan fingerprint density at radius 1 is 1.17 bits per heavy atom. The SMILES string of the molecule is Cc1cccc(C(=O)N2C[C@H]3CC[C@@H](C2)N(CC2CCC2)C3)c1Cl. The van der Waals surface area contributed by atoms with Crippen LogP contribution in [0.4, 0.5) is 0 Å². The minimum absolute atomic E-state index is 0.117. The van der Waals surface area contributed by atoms with Gasteiger partial charge in [-0.1, -0.05) is 30.2 Å². The standard InChI is InChI=1S/C20H27ClN2O/c1-14-4-2-7-18(19(14)21)20(24)23-12-16-8-9-17(13-23)22(11-16)10-15-5-3-6-15/h2,4,7,15-17H,3,5-6,8-13H2,1H3/t16-,17-/m0/s1. The molecule has 4 aliphatic rings. The Labute approximate surface area is 150 Å². The van der Waals surface area contributed by atoms with Crippen molar-refractivity contribution in [3.05, 3.63) is 34.3 Å². The summed E-state index contributed by atoms with van der Waals surface area (Å²) in [5, 5.41) is 0.616. The van der Waals surface area contributed by atoms with E-state index < -0.39 is 0 Å². The van der Waals surface area contributed by atoms with Crippen molar-refractivity contribution >= 4 is 17.5 Å². The highest BCUT2D eigenvalue weighted by Gasteiger charge is 2.38. The number of amides is 1. The van der Waals surface area contributed by atoms with E-state index in [1.165, 1.54) is 45.2 Å². The molecule has 1 aliphatic carbocycles. The molecule has 0 aromatic heterocycles. The van der Waals surface area contributed by atoms with Crippen LogP contribution in [0.3, 0.4) is 0 Å². The third kappa shape index (κ3) is 3.09. The first-order valence-electron chi connectivity index (χ1n) is 9.40. The van der Waals surface area contributed by atoms with Crippen molar-refractivity contribution in [3.8, 4) is 0 Å². The molecule has 4 heteroatoms. The predicted octanol–water partition coefficient (Wildman–Crippen LogP) is 3.98. The molecular weight excluding hydrogens is 320 g/mol. The lowest BCUT2D eigenvalue weighted by Gasteiger charge is -2.40. The molecule has 3 nitrogen and oxygen atoms in total. The highest BCUT2D eigenvalue weighted by Crippen LogP contribution is 2.34. The van der Waals surface area contributed by atoms with Crippen LogP contribution in [0, 0.1) is 18.8 Å². The summed E-state index contributed by atoms with van der Waals surface area (Å²) in [6, 6.07) is 6.31. The van der Waals surface area contributed by atoms with Crippen molar-refractivity contribution in [1.82, 2.24) is 9.80 Å². The van der Waals surface area contributed by atoms with Gasteiger partial charge in [-0.2, -0.15) is 0 Å². The first-order chi connectivity index (χ1) is 11.6. The number of hydrogen-bond donors (Lipinski definition) is 0. The average molecular weight is 347 g/mol. The Bertz CT molecular complexity index is 628. The van der Waals surface area contributed by atoms with Gasteiger partial charge >= 0.3 is 0 Å². The smallest absolute Gasteiger partial charge is 0.255 e. The molecule has 3 aliphatic heterocycles. The molecule has 24 heavy (non-hydrogen) atoms. The second-order valence-corrected chi connectivity index (χ2v) is 8.37. The number of benzene rings is 1. The van der Waals surface area contributed by atoms with Crippen molar-refractivity contribution in [2.45, 2.75) is 45.1 Å². The van der Waals surface area contributed by atoms with Crippen molar-refractivity contribution in [3.63, 3.8) is 0 Å². The fourth-order valence-corrected chi connectivity index (χ4v) is 4.77. The molecule has 4 fully saturated rings. The van der Waals surface area contributed by atoms with E-state index in [0.717, 1.165) is 24.6 Å². The van der Waals surface area contributed by atoms with Gasteiger partial charge in [0.1, 0.15) is 0 Å². The fourth-order valence-electron chi connectivity index (χ4n) is 4.56. The van der Waals surface area contributed by atoms with Crippen LogP contribution in [0.2, 0.25) is 5.02 Å². The van der Waals surface area contributed by atoms with E-state index in [4.69, 9.17) is 11.6 Å². The van der Waals surface area contributed by atoms with E-state index in [9.17, 15) is 4.79 Å². The van der Waals surface area contributed by atoms with Crippen molar-refractivity contribution in [2.24, 2.45) is 11.8 Å². The molecule has 0 unspecified atom stereocenters. The number of carbonyl (C=O) groups is 1. The zero-order chi connectivity index (χ0) is 16.7. The molecule has 3 saturated heterocycles. The summed E-state index contributed by atoms with van der Waals surface area (Å²) < 4.78 is 0. The van der Waals surface area contributed by atoms with Gasteiger partial charge in [-0.15, -0.1) is 0 Å². The predicted molar refractivity (Wildman–Crippen MR) is 97.5 cm³/mol. The molecule has 1 amide bonds. The van der Waals surface area contributed by atoms with Gasteiger partial charge in [-0.25, -0.2) is 0 Å². The summed E-state index contributed by atoms with van der Waals surface area (Å²) in [7, 11) is 0. The Morgan fingerprint density at radius 3 is 2.75 bits per heavy atom. The van der Waals surface area contributed by atoms with E-state index in [-0.39, 0.29) is 5.91 Å². The molecule has 2 bridgehead atoms. The van der Waals surface area contributed by atoms with E-state index in [2.05, 4.69) is 9.80 Å². The minimum Gasteiger partial charge on any atom is -0.337 e. The van der Waals surface area contributed by atoms with Crippen LogP contribution in [-0.2, 0) is 0 Å². The second-order valence-electron chi connectivity index (χ2n) is 7.99. The summed E-state index contributed by atoms with van der Waals surface area (Å²) in [5.74, 6) is 1.64. The fraction of sp³-hybridized carbons (Fsp3) is 0.650. The number of fused-ring (bicyclic) bond motifs is 4. The van der Waals surface area contributed by atoms with Gasteiger partial charge in [0.05, 0.1) is 10.6 Å². The molecule has 5 rings (SSSR count). The molecule has 0 spiro atoms. The lowest BCUT2D eigenvalue weighted by Crippen LogP contribution is -2.47. The van der Waals surface area contributed by atoms with E-state index in [0.29, 0.717) is 22.5 Å². The first-order valence-corrected chi connectivity index (χ1v) is 9.78. The highest BCUT2D eigenvalue weighted by atomic mass is 35.5. The largest absolute Gasteiger partial charge is 0.337 e. The molecule has 0 radical (unpaired) electrons. The Balaban J connectivity index is 1.50. The summed E-state index contributed by atoms with van der Waals surface area (Å²) >= 11 is 6.40. The van der Waals surface area contributed by atoms with Crippen molar-refractivity contribution in [2.75, 3.05) is 26.2 Å². The Hall–Kier alpha value is -1.06. The Morgan fingerprint density at radius 2 is 2.00 bits per heavy atom. The van der Waals surface area contributed by atoms with Gasteiger partial charge < -0.3 is 4.90 Å². The van der Waals surface area contributed by atoms with Crippen LogP contribution in [0.25, 0.3) is 0 Å². The van der Waals surface area contributed by atoms with Gasteiger partial charge in [0, 0.05) is 32.2 Å². The summed E-state index contributed by atoms with van der Waals surface area (Å²) in [4.78, 5) is 17.8. The van der Waals surface area contributed by atoms with Crippen LogP contribution >= 0.6 is 11.6 Å². The van der Waals surface area contributed by atoms with Crippen molar-refractivity contribution in [1.29, 1.82) is 0 Å². The number of aryl methyl sites for hydroxylation is 1. The Kier molecular flexibility index (Phi) is 4.57. The number of piperidine rings is 1. The van der Waals surface area contributed by atoms with Crippen LogP contribution in [-0.4, -0.2) is 47.9 Å². The minimum atomic E-state index is 0.117. The van der Waals surface area contributed by atoms with Gasteiger partial charge in [-0.05, 0) is 56.1 Å². The normalized spacial score (nSPS) is 27.8. The molecular formula is C20H27ClN2O. The maximum atomic E-state index is 13.1. The van der Waals surface area contributed by atoms with Gasteiger partial charge in [0.2, 0.25) is 0 Å². The zero-order valence-corrected chi connectivity index (χ0v) is 15.3.